The van der Waals surface area contributed by atoms with Crippen LogP contribution in [0.1, 0.15) is 7.13 Å². The average Bonchev–Trinajstić information content (AvgIpc) is 0.811. The molecule has 0 atom stereocenters. The normalized spacial score (nSPS) is 1.60. The quantitative estimate of drug-likeness (QED) is 0.173. The smallest absolute Gasteiger partial charge is 1.00 e. The zero-order chi connectivity index (χ0) is 3.58. The summed E-state index contributed by atoms with van der Waals surface area (Å²) >= 11 is 0. The minimum absolute atomic E-state index is 0. The molecule has 90 valence electrons. The van der Waals surface area contributed by atoms with Crippen LogP contribution in [-0.4, -0.2) is 39.4 Å². The number of hydrogen-bond acceptors (Lipinski definition) is 3. The van der Waals surface area contributed by atoms with Crippen LogP contribution in [0.15, 0.2) is 0 Å². The minimum atomic E-state index is -1.83. The number of carboxylic acid groups (broad SMARTS) is 2. The summed E-state index contributed by atoms with van der Waals surface area (Å²) in [6.07, 6.45) is -1.83. The molecule has 0 aromatic heterocycles. The summed E-state index contributed by atoms with van der Waals surface area (Å²) in [6.45, 7) is 0. The van der Waals surface area contributed by atoms with E-state index in [4.69, 9.17) is 15.0 Å². The first-order valence-electron chi connectivity index (χ1n) is 0.651. The molecule has 0 amide bonds. The van der Waals surface area contributed by atoms with Gasteiger partial charge >= 0.3 is 183 Å². The summed E-state index contributed by atoms with van der Waals surface area (Å²) in [5.74, 6) is 0. The molecule has 0 bridgehead atoms. The maximum atomic E-state index is 8.56. The van der Waals surface area contributed by atoms with Gasteiger partial charge in [-0.15, -0.1) is 78.2 Å². The van der Waals surface area contributed by atoms with Crippen LogP contribution in [-0.2, 0) is 0 Å². The van der Waals surface area contributed by atoms with Crippen LogP contribution in [0.4, 0.5) is 4.79 Å². The predicted octanol–water partition coefficient (Wildman–Crippen LogP) is -5.80. The standard InChI is InChI=1S/CH2O3.BrH.3ClH.HI.3K.Mg.2H3N.5H/c2-1(3)4;;;;;;;;;;;;;;;;/h(H2,2,3,4);5*1H;;;;;2*1H3;;;;;/q;;;;;;3*+1;+2;;;5*-1. The molecule has 0 radical (unpaired) electrons. The van der Waals surface area contributed by atoms with Gasteiger partial charge in [-0.1, -0.05) is 0 Å². The van der Waals surface area contributed by atoms with Crippen molar-refractivity contribution in [3.05, 3.63) is 0 Å². The Kier molecular flexibility index (Phi) is 547. The summed E-state index contributed by atoms with van der Waals surface area (Å²) in [5, 5.41) is 13.9. The second kappa shape index (κ2) is 84.2. The molecule has 0 rings (SSSR count). The third kappa shape index (κ3) is 156. The van der Waals surface area contributed by atoms with Gasteiger partial charge in [0.1, 0.15) is 0 Å². The first-order valence-corrected chi connectivity index (χ1v) is 0.651. The van der Waals surface area contributed by atoms with Crippen LogP contribution in [0, 0.1) is 0 Å². The zero-order valence-corrected chi connectivity index (χ0v) is 26.2. The van der Waals surface area contributed by atoms with Gasteiger partial charge in [-0.3, -0.25) is 0 Å². The van der Waals surface area contributed by atoms with Crippen LogP contribution in [0.25, 0.3) is 0 Å². The molecule has 0 fully saturated rings. The number of rotatable bonds is 0. The van der Waals surface area contributed by atoms with Gasteiger partial charge in [0.15, 0.2) is 0 Å². The van der Waals surface area contributed by atoms with E-state index in [2.05, 4.69) is 0 Å². The van der Waals surface area contributed by atoms with E-state index in [1.807, 2.05) is 0 Å². The Hall–Kier alpha value is 6.95. The van der Waals surface area contributed by atoms with Gasteiger partial charge in [-0.25, -0.2) is 4.79 Å². The Balaban J connectivity index is -0.000000000375. The average molecular weight is 561 g/mol. The maximum absolute atomic E-state index is 8.56. The molecule has 0 aromatic rings. The van der Waals surface area contributed by atoms with E-state index in [1.54, 1.807) is 0 Å². The van der Waals surface area contributed by atoms with E-state index in [1.165, 1.54) is 0 Å². The Morgan fingerprint density at radius 1 is 0.867 bits per heavy atom. The summed E-state index contributed by atoms with van der Waals surface area (Å²) in [7, 11) is 0. The first-order chi connectivity index (χ1) is 1.73. The Bertz CT molecular complexity index is 81.6. The van der Waals surface area contributed by atoms with Crippen molar-refractivity contribution in [1.29, 1.82) is 0 Å². The van der Waals surface area contributed by atoms with Crippen molar-refractivity contribution in [2.24, 2.45) is 0 Å². The molecule has 8 N–H and O–H groups in total. The fourth-order valence-electron chi connectivity index (χ4n) is 0. The number of halogens is 5. The SMILES string of the molecule is Br.Cl.Cl.Cl.I.N.N.O=C(O)O.[H-].[H-].[H-].[H-].[H-].[K+].[K+].[K+].[Mg+2]. The largest absolute Gasteiger partial charge is 2.00 e. The van der Waals surface area contributed by atoms with E-state index < -0.39 is 6.16 Å². The van der Waals surface area contributed by atoms with Crippen molar-refractivity contribution in [2.45, 2.75) is 0 Å². The van der Waals surface area contributed by atoms with Gasteiger partial charge in [-0.2, -0.15) is 0 Å². The molecule has 0 aromatic carbocycles. The van der Waals surface area contributed by atoms with Crippen molar-refractivity contribution in [1.82, 2.24) is 12.3 Å². The van der Waals surface area contributed by atoms with Crippen LogP contribution >= 0.6 is 78.2 Å². The van der Waals surface area contributed by atoms with Crippen molar-refractivity contribution >= 4 is 107 Å². The topological polar surface area (TPSA) is 128 Å². The molecule has 0 aliphatic carbocycles. The zero-order valence-electron chi connectivity index (χ0n) is 14.0. The van der Waals surface area contributed by atoms with Crippen LogP contribution in [0.3, 0.4) is 0 Å². The van der Waals surface area contributed by atoms with Crippen LogP contribution < -0.4 is 166 Å². The Labute approximate surface area is 287 Å². The van der Waals surface area contributed by atoms with Gasteiger partial charge in [-0.05, 0) is 0 Å². The summed E-state index contributed by atoms with van der Waals surface area (Å²) in [4.78, 5) is 8.56. The van der Waals surface area contributed by atoms with E-state index in [0.29, 0.717) is 0 Å². The maximum Gasteiger partial charge on any atom is 2.00 e. The second-order valence-electron chi connectivity index (χ2n) is 0.283. The molecule has 14 heteroatoms. The van der Waals surface area contributed by atoms with Gasteiger partial charge in [0.05, 0.1) is 0 Å². The third-order valence-electron chi connectivity index (χ3n) is 0. The molecule has 0 saturated heterocycles. The Morgan fingerprint density at radius 3 is 0.867 bits per heavy atom. The molecule has 0 heterocycles. The van der Waals surface area contributed by atoms with E-state index in [-0.39, 0.29) is 275 Å². The van der Waals surface area contributed by atoms with E-state index in [9.17, 15) is 0 Å². The predicted molar refractivity (Wildman–Crippen MR) is 79.5 cm³/mol. The van der Waals surface area contributed by atoms with E-state index >= 15 is 0 Å². The first kappa shape index (κ1) is 97.3. The fraction of sp³-hybridized carbons (Fsp3) is 0. The summed E-state index contributed by atoms with van der Waals surface area (Å²) in [5.41, 5.74) is 0. The molecule has 15 heavy (non-hydrogen) atoms. The molecular formula is CH18BrCl3IK3MgN2O3. The van der Waals surface area contributed by atoms with Gasteiger partial charge in [0, 0.05) is 0 Å². The van der Waals surface area contributed by atoms with Crippen molar-refractivity contribution in [2.75, 3.05) is 0 Å². The van der Waals surface area contributed by atoms with E-state index in [0.717, 1.165) is 0 Å². The number of hydrogen-bond donors (Lipinski definition) is 4. The minimum Gasteiger partial charge on any atom is -1.00 e. The Morgan fingerprint density at radius 2 is 0.867 bits per heavy atom. The summed E-state index contributed by atoms with van der Waals surface area (Å²) < 4.78 is 0. The summed E-state index contributed by atoms with van der Waals surface area (Å²) in [6, 6.07) is 0. The molecule has 0 aliphatic heterocycles. The second-order valence-corrected chi connectivity index (χ2v) is 0.283. The van der Waals surface area contributed by atoms with Crippen molar-refractivity contribution in [3.63, 3.8) is 0 Å². The monoisotopic (exact) mass is 558 g/mol. The molecule has 0 aliphatic rings. The van der Waals surface area contributed by atoms with Crippen LogP contribution in [0.2, 0.25) is 0 Å². The molecule has 0 saturated carbocycles. The fourth-order valence-corrected chi connectivity index (χ4v) is 0. The van der Waals surface area contributed by atoms with Gasteiger partial charge < -0.3 is 29.6 Å². The third-order valence-corrected chi connectivity index (χ3v) is 0. The molecular weight excluding hydrogens is 543 g/mol. The molecule has 5 nitrogen and oxygen atoms in total. The number of carbonyl (C=O) groups is 1. The van der Waals surface area contributed by atoms with Gasteiger partial charge in [0.25, 0.3) is 0 Å². The molecule has 0 unspecified atom stereocenters. The van der Waals surface area contributed by atoms with Gasteiger partial charge in [0.2, 0.25) is 0 Å². The molecule has 0 spiro atoms. The van der Waals surface area contributed by atoms with Crippen molar-refractivity contribution < 1.29 is 176 Å². The van der Waals surface area contributed by atoms with Crippen LogP contribution in [0.5, 0.6) is 0 Å². The van der Waals surface area contributed by atoms with Crippen molar-refractivity contribution in [3.8, 4) is 0 Å².